The molecular formula is C17H16N4O3. The summed E-state index contributed by atoms with van der Waals surface area (Å²) in [5.41, 5.74) is -0.0305. The highest BCUT2D eigenvalue weighted by Crippen LogP contribution is 2.62. The van der Waals surface area contributed by atoms with E-state index in [0.29, 0.717) is 17.1 Å². The molecule has 1 fully saturated rings. The van der Waals surface area contributed by atoms with E-state index in [1.165, 1.54) is 0 Å². The summed E-state index contributed by atoms with van der Waals surface area (Å²) in [6, 6.07) is 6.90. The number of fused-ring (bicyclic) bond motifs is 2. The molecule has 0 spiro atoms. The van der Waals surface area contributed by atoms with E-state index in [2.05, 4.69) is 20.6 Å². The number of nitrogens with one attached hydrogen (secondary N) is 3. The summed E-state index contributed by atoms with van der Waals surface area (Å²) >= 11 is 0. The molecule has 0 unspecified atom stereocenters. The Bertz CT molecular complexity index is 845. The van der Waals surface area contributed by atoms with Crippen LogP contribution in [0, 0.1) is 17.3 Å². The summed E-state index contributed by atoms with van der Waals surface area (Å²) in [4.78, 5) is 44.8. The molecular weight excluding hydrogens is 308 g/mol. The predicted molar refractivity (Wildman–Crippen MR) is 84.9 cm³/mol. The molecule has 1 aromatic carbocycles. The Morgan fingerprint density at radius 1 is 1.33 bits per heavy atom. The van der Waals surface area contributed by atoms with Gasteiger partial charge < -0.3 is 15.6 Å². The van der Waals surface area contributed by atoms with E-state index in [0.717, 1.165) is 0 Å². The van der Waals surface area contributed by atoms with Crippen LogP contribution in [0.4, 0.5) is 5.69 Å². The lowest BCUT2D eigenvalue weighted by molar-refractivity contribution is -0.125. The molecule has 4 rings (SSSR count). The van der Waals surface area contributed by atoms with Crippen molar-refractivity contribution in [3.63, 3.8) is 0 Å². The van der Waals surface area contributed by atoms with E-state index in [1.807, 2.05) is 0 Å². The Morgan fingerprint density at radius 2 is 2.12 bits per heavy atom. The first kappa shape index (κ1) is 14.6. The highest BCUT2D eigenvalue weighted by molar-refractivity contribution is 6.19. The maximum absolute atomic E-state index is 12.9. The van der Waals surface area contributed by atoms with E-state index in [9.17, 15) is 14.4 Å². The fourth-order valence-corrected chi connectivity index (χ4v) is 3.61. The Hall–Kier alpha value is -2.96. The van der Waals surface area contributed by atoms with Crippen LogP contribution < -0.4 is 10.6 Å². The smallest absolute Gasteiger partial charge is 0.229 e. The highest BCUT2D eigenvalue weighted by Gasteiger charge is 2.73. The zero-order valence-electron chi connectivity index (χ0n) is 13.0. The van der Waals surface area contributed by atoms with Gasteiger partial charge in [0.2, 0.25) is 11.8 Å². The number of ketones is 1. The lowest BCUT2D eigenvalue weighted by atomic mass is 9.92. The van der Waals surface area contributed by atoms with Gasteiger partial charge in [0.25, 0.3) is 0 Å². The number of benzene rings is 1. The number of anilines is 1. The van der Waals surface area contributed by atoms with Crippen molar-refractivity contribution >= 4 is 23.3 Å². The van der Waals surface area contributed by atoms with Gasteiger partial charge in [-0.05, 0) is 12.1 Å². The van der Waals surface area contributed by atoms with Gasteiger partial charge in [0.1, 0.15) is 5.82 Å². The molecule has 2 aromatic rings. The van der Waals surface area contributed by atoms with E-state index >= 15 is 0 Å². The van der Waals surface area contributed by atoms with Crippen molar-refractivity contribution in [1.82, 2.24) is 15.3 Å². The molecule has 3 N–H and O–H groups in total. The van der Waals surface area contributed by atoms with E-state index < -0.39 is 17.3 Å². The Labute approximate surface area is 137 Å². The average Bonchev–Trinajstić information content (AvgIpc) is 2.95. The molecule has 24 heavy (non-hydrogen) atoms. The highest BCUT2D eigenvalue weighted by atomic mass is 16.2. The molecule has 7 nitrogen and oxygen atoms in total. The molecule has 1 aromatic heterocycles. The van der Waals surface area contributed by atoms with Crippen molar-refractivity contribution in [1.29, 1.82) is 0 Å². The average molecular weight is 324 g/mol. The van der Waals surface area contributed by atoms with Crippen molar-refractivity contribution in [2.45, 2.75) is 13.5 Å². The Kier molecular flexibility index (Phi) is 3.06. The minimum atomic E-state index is -0.996. The Balaban J connectivity index is 1.59. The summed E-state index contributed by atoms with van der Waals surface area (Å²) in [6.45, 7) is 1.93. The second-order valence-corrected chi connectivity index (χ2v) is 6.36. The monoisotopic (exact) mass is 324 g/mol. The molecule has 2 heterocycles. The number of nitrogens with zero attached hydrogens (tertiary/aromatic N) is 1. The standard InChI is InChI=1S/C17H16N4O3/c1-17-12(15(23)20-8-11-18-6-7-19-11)13(17)16(24)21-10-5-3-2-4-9(10)14(17)22/h2-7,12-13H,8H2,1H3,(H,18,19)(H,20,23)(H,21,24)/t12-,13+,17+/m0/s1. The number of imidazole rings is 1. The third-order valence-electron chi connectivity index (χ3n) is 4.99. The summed E-state index contributed by atoms with van der Waals surface area (Å²) in [5.74, 6) is -1.44. The SMILES string of the molecule is C[C@]12C(=O)c3ccccc3NC(=O)[C@H]1[C@H]2C(=O)NCc1ncc[nH]1. The van der Waals surface area contributed by atoms with Crippen molar-refractivity contribution in [2.75, 3.05) is 5.32 Å². The topological polar surface area (TPSA) is 104 Å². The number of amides is 2. The molecule has 0 bridgehead atoms. The number of hydrogen-bond donors (Lipinski definition) is 3. The number of aromatic nitrogens is 2. The molecule has 1 aliphatic heterocycles. The molecule has 1 aliphatic carbocycles. The number of carbonyl (C=O) groups is 3. The number of para-hydroxylation sites is 1. The van der Waals surface area contributed by atoms with Crippen molar-refractivity contribution in [3.8, 4) is 0 Å². The van der Waals surface area contributed by atoms with E-state index in [1.54, 1.807) is 43.6 Å². The van der Waals surface area contributed by atoms with Gasteiger partial charge in [-0.3, -0.25) is 14.4 Å². The minimum absolute atomic E-state index is 0.167. The van der Waals surface area contributed by atoms with Crippen molar-refractivity contribution in [2.24, 2.45) is 17.3 Å². The molecule has 2 amide bonds. The third-order valence-corrected chi connectivity index (χ3v) is 4.99. The largest absolute Gasteiger partial charge is 0.349 e. The van der Waals surface area contributed by atoms with Crippen molar-refractivity contribution < 1.29 is 14.4 Å². The number of carbonyl (C=O) groups excluding carboxylic acids is 3. The van der Waals surface area contributed by atoms with Gasteiger partial charge in [0.15, 0.2) is 5.78 Å². The lowest BCUT2D eigenvalue weighted by Gasteiger charge is -2.12. The van der Waals surface area contributed by atoms with Crippen LogP contribution in [0.25, 0.3) is 0 Å². The molecule has 0 radical (unpaired) electrons. The van der Waals surface area contributed by atoms with Gasteiger partial charge in [-0.2, -0.15) is 0 Å². The number of Topliss-reactive ketones (excluding diaryl/α,β-unsaturated/α-hetero) is 1. The van der Waals surface area contributed by atoms with Crippen LogP contribution in [-0.4, -0.2) is 27.6 Å². The van der Waals surface area contributed by atoms with Crippen molar-refractivity contribution in [3.05, 3.63) is 48.0 Å². The quantitative estimate of drug-likeness (QED) is 0.787. The fourth-order valence-electron chi connectivity index (χ4n) is 3.61. The van der Waals surface area contributed by atoms with Crippen LogP contribution in [0.1, 0.15) is 23.1 Å². The first-order valence-corrected chi connectivity index (χ1v) is 7.74. The summed E-state index contributed by atoms with van der Waals surface area (Å²) in [7, 11) is 0. The predicted octanol–water partition coefficient (Wildman–Crippen LogP) is 1.11. The van der Waals surface area contributed by atoms with Crippen LogP contribution in [0.2, 0.25) is 0 Å². The first-order chi connectivity index (χ1) is 11.5. The molecule has 7 heteroatoms. The van der Waals surface area contributed by atoms with Crippen LogP contribution in [0.3, 0.4) is 0 Å². The van der Waals surface area contributed by atoms with Gasteiger partial charge in [-0.25, -0.2) is 4.98 Å². The first-order valence-electron chi connectivity index (χ1n) is 7.74. The number of hydrogen-bond acceptors (Lipinski definition) is 4. The minimum Gasteiger partial charge on any atom is -0.349 e. The molecule has 0 saturated heterocycles. The second-order valence-electron chi connectivity index (χ2n) is 6.36. The molecule has 2 aliphatic rings. The van der Waals surface area contributed by atoms with E-state index in [4.69, 9.17) is 0 Å². The van der Waals surface area contributed by atoms with Crippen LogP contribution in [0.15, 0.2) is 36.7 Å². The van der Waals surface area contributed by atoms with Crippen LogP contribution in [-0.2, 0) is 16.1 Å². The lowest BCUT2D eigenvalue weighted by Crippen LogP contribution is -2.30. The fraction of sp³-hybridized carbons (Fsp3) is 0.294. The number of rotatable bonds is 3. The second kappa shape index (κ2) is 5.02. The summed E-state index contributed by atoms with van der Waals surface area (Å²) < 4.78 is 0. The summed E-state index contributed by atoms with van der Waals surface area (Å²) in [5, 5.41) is 5.51. The van der Waals surface area contributed by atoms with E-state index in [-0.39, 0.29) is 24.1 Å². The van der Waals surface area contributed by atoms with Crippen LogP contribution >= 0.6 is 0 Å². The van der Waals surface area contributed by atoms with Gasteiger partial charge in [0, 0.05) is 18.0 Å². The normalized spacial score (nSPS) is 27.5. The van der Waals surface area contributed by atoms with Gasteiger partial charge in [0.05, 0.1) is 29.5 Å². The molecule has 1 saturated carbocycles. The van der Waals surface area contributed by atoms with Gasteiger partial charge >= 0.3 is 0 Å². The molecule has 3 atom stereocenters. The number of aromatic amines is 1. The zero-order valence-corrected chi connectivity index (χ0v) is 13.0. The van der Waals surface area contributed by atoms with Gasteiger partial charge in [-0.1, -0.05) is 19.1 Å². The van der Waals surface area contributed by atoms with Gasteiger partial charge in [-0.15, -0.1) is 0 Å². The number of H-pyrrole nitrogens is 1. The molecule has 122 valence electrons. The Morgan fingerprint density at radius 3 is 2.88 bits per heavy atom. The third kappa shape index (κ3) is 1.97. The maximum Gasteiger partial charge on any atom is 0.229 e. The summed E-state index contributed by atoms with van der Waals surface area (Å²) in [6.07, 6.45) is 3.26. The maximum atomic E-state index is 12.9. The zero-order chi connectivity index (χ0) is 16.9. The van der Waals surface area contributed by atoms with Crippen LogP contribution in [0.5, 0.6) is 0 Å².